The number of nitrogens with two attached hydrogens (primary N) is 1. The summed E-state index contributed by atoms with van der Waals surface area (Å²) >= 11 is 0. The number of halogens is 2. The van der Waals surface area contributed by atoms with Crippen molar-refractivity contribution < 1.29 is 13.5 Å². The second kappa shape index (κ2) is 6.22. The highest BCUT2D eigenvalue weighted by molar-refractivity contribution is 5.42. The molecule has 0 amide bonds. The average Bonchev–Trinajstić information content (AvgIpc) is 2.42. The molecule has 0 aliphatic rings. The van der Waals surface area contributed by atoms with E-state index in [1.807, 2.05) is 26.0 Å². The van der Waals surface area contributed by atoms with E-state index in [1.54, 1.807) is 19.1 Å². The second-order valence-corrected chi connectivity index (χ2v) is 5.31. The first-order chi connectivity index (χ1) is 9.90. The van der Waals surface area contributed by atoms with Crippen molar-refractivity contribution in [1.29, 1.82) is 0 Å². The Morgan fingerprint density at radius 2 is 1.67 bits per heavy atom. The molecule has 0 aromatic heterocycles. The summed E-state index contributed by atoms with van der Waals surface area (Å²) in [5, 5.41) is 0. The summed E-state index contributed by atoms with van der Waals surface area (Å²) in [6, 6.07) is 8.85. The molecule has 112 valence electrons. The predicted molar refractivity (Wildman–Crippen MR) is 79.3 cm³/mol. The Morgan fingerprint density at radius 1 is 1.00 bits per heavy atom. The fourth-order valence-corrected chi connectivity index (χ4v) is 2.18. The van der Waals surface area contributed by atoms with E-state index >= 15 is 0 Å². The Morgan fingerprint density at radius 3 is 2.33 bits per heavy atom. The molecule has 0 aliphatic heterocycles. The molecular formula is C17H19F2NO. The summed E-state index contributed by atoms with van der Waals surface area (Å²) in [4.78, 5) is 0. The van der Waals surface area contributed by atoms with Gasteiger partial charge in [0.25, 0.3) is 0 Å². The molecule has 0 saturated carbocycles. The van der Waals surface area contributed by atoms with Crippen LogP contribution in [0.5, 0.6) is 5.75 Å². The van der Waals surface area contributed by atoms with Crippen LogP contribution >= 0.6 is 0 Å². The minimum absolute atomic E-state index is 0.0156. The molecule has 0 radical (unpaired) electrons. The minimum Gasteiger partial charge on any atom is -0.491 e. The molecule has 2 rings (SSSR count). The maximum Gasteiger partial charge on any atom is 0.131 e. The van der Waals surface area contributed by atoms with Gasteiger partial charge in [-0.05, 0) is 38.5 Å². The lowest BCUT2D eigenvalue weighted by molar-refractivity contribution is 0.239. The summed E-state index contributed by atoms with van der Waals surface area (Å²) in [5.74, 6) is -0.610. The Balaban J connectivity index is 2.45. The Hall–Kier alpha value is -1.94. The van der Waals surface area contributed by atoms with Crippen LogP contribution in [0.3, 0.4) is 0 Å². The summed E-state index contributed by atoms with van der Waals surface area (Å²) in [6.07, 6.45) is -0.0156. The predicted octanol–water partition coefficient (Wildman–Crippen LogP) is 4.11. The lowest BCUT2D eigenvalue weighted by Crippen LogP contribution is -2.17. The van der Waals surface area contributed by atoms with Crippen LogP contribution in [-0.2, 0) is 0 Å². The van der Waals surface area contributed by atoms with E-state index in [1.165, 1.54) is 6.07 Å². The van der Waals surface area contributed by atoms with Crippen molar-refractivity contribution >= 4 is 0 Å². The number of rotatable bonds is 4. The van der Waals surface area contributed by atoms with Gasteiger partial charge in [-0.2, -0.15) is 0 Å². The third-order valence-electron chi connectivity index (χ3n) is 3.23. The molecule has 0 fully saturated rings. The van der Waals surface area contributed by atoms with Crippen molar-refractivity contribution in [2.24, 2.45) is 5.73 Å². The number of aryl methyl sites for hydroxylation is 1. The molecule has 21 heavy (non-hydrogen) atoms. The molecule has 2 nitrogen and oxygen atoms in total. The third kappa shape index (κ3) is 3.39. The summed E-state index contributed by atoms with van der Waals surface area (Å²) < 4.78 is 33.1. The summed E-state index contributed by atoms with van der Waals surface area (Å²) in [5.41, 5.74) is 7.47. The average molecular weight is 291 g/mol. The highest BCUT2D eigenvalue weighted by Gasteiger charge is 2.19. The zero-order chi connectivity index (χ0) is 15.6. The zero-order valence-electron chi connectivity index (χ0n) is 12.4. The van der Waals surface area contributed by atoms with Crippen LogP contribution in [-0.4, -0.2) is 6.10 Å². The standard InChI is InChI=1S/C17H19F2NO/c1-10(2)21-16-7-5-4-6-12(16)17(20)13-8-11(3)14(18)9-15(13)19/h4-10,17H,20H2,1-3H3. The van der Waals surface area contributed by atoms with Crippen LogP contribution in [0, 0.1) is 18.6 Å². The fourth-order valence-electron chi connectivity index (χ4n) is 2.18. The first-order valence-electron chi connectivity index (χ1n) is 6.87. The Kier molecular flexibility index (Phi) is 4.58. The molecule has 1 unspecified atom stereocenters. The summed E-state index contributed by atoms with van der Waals surface area (Å²) in [6.45, 7) is 5.40. The van der Waals surface area contributed by atoms with E-state index in [4.69, 9.17) is 10.5 Å². The lowest BCUT2D eigenvalue weighted by atomic mass is 9.96. The molecule has 2 N–H and O–H groups in total. The van der Waals surface area contributed by atoms with Crippen LogP contribution < -0.4 is 10.5 Å². The van der Waals surface area contributed by atoms with Gasteiger partial charge in [0.2, 0.25) is 0 Å². The van der Waals surface area contributed by atoms with Gasteiger partial charge < -0.3 is 10.5 Å². The molecule has 0 aliphatic carbocycles. The van der Waals surface area contributed by atoms with Gasteiger partial charge in [0.15, 0.2) is 0 Å². The first-order valence-corrected chi connectivity index (χ1v) is 6.87. The minimum atomic E-state index is -0.709. The molecular weight excluding hydrogens is 272 g/mol. The smallest absolute Gasteiger partial charge is 0.131 e. The van der Waals surface area contributed by atoms with Crippen LogP contribution in [0.4, 0.5) is 8.78 Å². The Labute approximate surface area is 123 Å². The van der Waals surface area contributed by atoms with Gasteiger partial charge in [-0.15, -0.1) is 0 Å². The number of ether oxygens (including phenoxy) is 1. The maximum absolute atomic E-state index is 14.0. The van der Waals surface area contributed by atoms with E-state index in [0.29, 0.717) is 16.9 Å². The van der Waals surface area contributed by atoms with Crippen LogP contribution in [0.2, 0.25) is 0 Å². The largest absolute Gasteiger partial charge is 0.491 e. The highest BCUT2D eigenvalue weighted by atomic mass is 19.1. The monoisotopic (exact) mass is 291 g/mol. The SMILES string of the molecule is Cc1cc(C(N)c2ccccc2OC(C)C)c(F)cc1F. The van der Waals surface area contributed by atoms with Gasteiger partial charge in [0.05, 0.1) is 12.1 Å². The molecule has 1 atom stereocenters. The van der Waals surface area contributed by atoms with Gasteiger partial charge in [-0.1, -0.05) is 18.2 Å². The van der Waals surface area contributed by atoms with Gasteiger partial charge in [-0.25, -0.2) is 8.78 Å². The topological polar surface area (TPSA) is 35.2 Å². The van der Waals surface area contributed by atoms with Gasteiger partial charge in [0, 0.05) is 17.2 Å². The van der Waals surface area contributed by atoms with E-state index in [2.05, 4.69) is 0 Å². The fraction of sp³-hybridized carbons (Fsp3) is 0.294. The van der Waals surface area contributed by atoms with Crippen molar-refractivity contribution in [2.75, 3.05) is 0 Å². The number of hydrogen-bond acceptors (Lipinski definition) is 2. The number of hydrogen-bond donors (Lipinski definition) is 1. The van der Waals surface area contributed by atoms with Gasteiger partial charge in [-0.3, -0.25) is 0 Å². The molecule has 0 heterocycles. The molecule has 4 heteroatoms. The van der Waals surface area contributed by atoms with Crippen molar-refractivity contribution in [3.63, 3.8) is 0 Å². The van der Waals surface area contributed by atoms with Crippen molar-refractivity contribution in [3.05, 3.63) is 64.7 Å². The van der Waals surface area contributed by atoms with E-state index in [9.17, 15) is 8.78 Å². The molecule has 0 spiro atoms. The molecule has 0 saturated heterocycles. The van der Waals surface area contributed by atoms with Crippen LogP contribution in [0.25, 0.3) is 0 Å². The molecule has 0 bridgehead atoms. The third-order valence-corrected chi connectivity index (χ3v) is 3.23. The Bertz CT molecular complexity index is 641. The lowest BCUT2D eigenvalue weighted by Gasteiger charge is -2.20. The van der Waals surface area contributed by atoms with E-state index < -0.39 is 17.7 Å². The maximum atomic E-state index is 14.0. The molecule has 2 aromatic carbocycles. The summed E-state index contributed by atoms with van der Waals surface area (Å²) in [7, 11) is 0. The zero-order valence-corrected chi connectivity index (χ0v) is 12.4. The van der Waals surface area contributed by atoms with Gasteiger partial charge in [0.1, 0.15) is 17.4 Å². The highest BCUT2D eigenvalue weighted by Crippen LogP contribution is 2.31. The first kappa shape index (κ1) is 15.4. The van der Waals surface area contributed by atoms with Crippen molar-refractivity contribution in [3.8, 4) is 5.75 Å². The van der Waals surface area contributed by atoms with E-state index in [-0.39, 0.29) is 11.7 Å². The number of para-hydroxylation sites is 1. The van der Waals surface area contributed by atoms with Gasteiger partial charge >= 0.3 is 0 Å². The van der Waals surface area contributed by atoms with Crippen LogP contribution in [0.15, 0.2) is 36.4 Å². The normalized spacial score (nSPS) is 12.5. The second-order valence-electron chi connectivity index (χ2n) is 5.31. The quantitative estimate of drug-likeness (QED) is 0.920. The molecule has 2 aromatic rings. The van der Waals surface area contributed by atoms with E-state index in [0.717, 1.165) is 6.07 Å². The number of benzene rings is 2. The van der Waals surface area contributed by atoms with Crippen LogP contribution in [0.1, 0.15) is 36.6 Å². The van der Waals surface area contributed by atoms with Crippen molar-refractivity contribution in [2.45, 2.75) is 32.9 Å². The van der Waals surface area contributed by atoms with Crippen molar-refractivity contribution in [1.82, 2.24) is 0 Å².